The number of cyclic esters (lactones) is 1. The minimum atomic E-state index is -0.419. The van der Waals surface area contributed by atoms with Gasteiger partial charge in [0.1, 0.15) is 18.7 Å². The third kappa shape index (κ3) is 3.48. The lowest BCUT2D eigenvalue weighted by Gasteiger charge is -2.17. The number of amides is 1. The Hall–Kier alpha value is -2.87. The Bertz CT molecular complexity index is 775. The van der Waals surface area contributed by atoms with Gasteiger partial charge in [-0.2, -0.15) is 0 Å². The zero-order chi connectivity index (χ0) is 17.1. The number of hydrogen-bond donors (Lipinski definition) is 1. The molecule has 4 heterocycles. The van der Waals surface area contributed by atoms with E-state index in [2.05, 4.69) is 21.5 Å². The maximum Gasteiger partial charge on any atom is 0.416 e. The molecule has 4 rings (SSSR count). The van der Waals surface area contributed by atoms with Gasteiger partial charge in [-0.25, -0.2) is 9.78 Å². The minimum absolute atomic E-state index is 0.214. The van der Waals surface area contributed by atoms with Gasteiger partial charge in [0.05, 0.1) is 6.54 Å². The first-order valence-corrected chi connectivity index (χ1v) is 8.17. The first-order chi connectivity index (χ1) is 12.3. The molecular weight excluding hydrogens is 324 g/mol. The average Bonchev–Trinajstić information content (AvgIpc) is 3.30. The topological polar surface area (TPSA) is 89.7 Å². The number of carbonyl (C=O) groups excluding carboxylic acids is 1. The van der Waals surface area contributed by atoms with E-state index in [1.165, 1.54) is 16.7 Å². The van der Waals surface area contributed by atoms with Crippen molar-refractivity contribution in [2.75, 3.05) is 31.1 Å². The molecule has 1 fully saturated rings. The van der Waals surface area contributed by atoms with Crippen molar-refractivity contribution in [3.63, 3.8) is 0 Å². The second-order valence-electron chi connectivity index (χ2n) is 5.85. The average molecular weight is 342 g/mol. The van der Waals surface area contributed by atoms with Crippen molar-refractivity contribution in [2.24, 2.45) is 0 Å². The van der Waals surface area contributed by atoms with Crippen molar-refractivity contribution in [2.45, 2.75) is 12.5 Å². The molecule has 0 aliphatic carbocycles. The quantitative estimate of drug-likeness (QED) is 0.887. The van der Waals surface area contributed by atoms with Gasteiger partial charge in [0.15, 0.2) is 6.10 Å². The molecule has 2 aromatic rings. The molecule has 130 valence electrons. The first-order valence-electron chi connectivity index (χ1n) is 8.17. The van der Waals surface area contributed by atoms with Crippen LogP contribution < -0.4 is 15.0 Å². The van der Waals surface area contributed by atoms with Crippen LogP contribution in [0.4, 0.5) is 10.6 Å². The predicted molar refractivity (Wildman–Crippen MR) is 89.3 cm³/mol. The summed E-state index contributed by atoms with van der Waals surface area (Å²) in [4.78, 5) is 18.0. The van der Waals surface area contributed by atoms with E-state index < -0.39 is 6.09 Å². The summed E-state index contributed by atoms with van der Waals surface area (Å²) in [5, 5.41) is 6.95. The van der Waals surface area contributed by atoms with E-state index in [1.54, 1.807) is 12.3 Å². The highest BCUT2D eigenvalue weighted by molar-refractivity contribution is 5.89. The van der Waals surface area contributed by atoms with Crippen LogP contribution >= 0.6 is 0 Å². The highest BCUT2D eigenvalue weighted by atomic mass is 16.6. The van der Waals surface area contributed by atoms with Crippen molar-refractivity contribution in [3.8, 4) is 5.88 Å². The van der Waals surface area contributed by atoms with Gasteiger partial charge in [-0.1, -0.05) is 6.08 Å². The Labute approximate surface area is 144 Å². The molecule has 0 radical (unpaired) electrons. The van der Waals surface area contributed by atoms with E-state index in [9.17, 15) is 4.79 Å². The summed E-state index contributed by atoms with van der Waals surface area (Å²) >= 11 is 0. The molecule has 2 aromatic heterocycles. The highest BCUT2D eigenvalue weighted by Crippen LogP contribution is 2.25. The first kappa shape index (κ1) is 15.6. The lowest BCUT2D eigenvalue weighted by atomic mass is 10.0. The summed E-state index contributed by atoms with van der Waals surface area (Å²) in [6, 6.07) is 5.50. The molecule has 2 aliphatic heterocycles. The third-order valence-corrected chi connectivity index (χ3v) is 4.16. The summed E-state index contributed by atoms with van der Waals surface area (Å²) in [7, 11) is 0. The van der Waals surface area contributed by atoms with Crippen molar-refractivity contribution < 1.29 is 18.8 Å². The largest absolute Gasteiger partial charge is 0.471 e. The van der Waals surface area contributed by atoms with E-state index in [0.29, 0.717) is 18.2 Å². The van der Waals surface area contributed by atoms with E-state index >= 15 is 0 Å². The number of hydrogen-bond acceptors (Lipinski definition) is 7. The second-order valence-corrected chi connectivity index (χ2v) is 5.85. The molecule has 0 aromatic carbocycles. The van der Waals surface area contributed by atoms with Crippen LogP contribution in [0.2, 0.25) is 0 Å². The smallest absolute Gasteiger partial charge is 0.416 e. The van der Waals surface area contributed by atoms with Crippen LogP contribution in [0.25, 0.3) is 5.57 Å². The van der Waals surface area contributed by atoms with E-state index in [1.807, 2.05) is 12.1 Å². The fraction of sp³-hybridized carbons (Fsp3) is 0.353. The van der Waals surface area contributed by atoms with Gasteiger partial charge in [-0.15, -0.1) is 0 Å². The van der Waals surface area contributed by atoms with Crippen molar-refractivity contribution in [1.82, 2.24) is 15.5 Å². The second kappa shape index (κ2) is 6.94. The summed E-state index contributed by atoms with van der Waals surface area (Å²) in [5.41, 5.74) is 2.35. The van der Waals surface area contributed by atoms with Gasteiger partial charge in [0.2, 0.25) is 0 Å². The summed E-state index contributed by atoms with van der Waals surface area (Å²) < 4.78 is 15.5. The zero-order valence-corrected chi connectivity index (χ0v) is 13.6. The SMILES string of the molecule is O=C1OC(COc2ccon2)CN1c1cc(C2=CCNCC2)ccn1. The molecule has 1 atom stereocenters. The van der Waals surface area contributed by atoms with Gasteiger partial charge < -0.3 is 19.3 Å². The van der Waals surface area contributed by atoms with Gasteiger partial charge in [-0.3, -0.25) is 4.90 Å². The molecular formula is C17H18N4O4. The Morgan fingerprint density at radius 3 is 3.16 bits per heavy atom. The maximum absolute atomic E-state index is 12.2. The molecule has 1 unspecified atom stereocenters. The molecule has 1 N–H and O–H groups in total. The van der Waals surface area contributed by atoms with Crippen molar-refractivity contribution in [1.29, 1.82) is 0 Å². The van der Waals surface area contributed by atoms with Crippen LogP contribution in [-0.4, -0.2) is 48.6 Å². The minimum Gasteiger partial charge on any atom is -0.471 e. The predicted octanol–water partition coefficient (Wildman–Crippen LogP) is 1.85. The number of rotatable bonds is 5. The van der Waals surface area contributed by atoms with Crippen LogP contribution in [0.5, 0.6) is 5.88 Å². The Morgan fingerprint density at radius 1 is 1.40 bits per heavy atom. The molecule has 1 amide bonds. The molecule has 8 nitrogen and oxygen atoms in total. The van der Waals surface area contributed by atoms with Crippen LogP contribution in [0.3, 0.4) is 0 Å². The van der Waals surface area contributed by atoms with Crippen molar-refractivity contribution in [3.05, 3.63) is 42.3 Å². The number of aromatic nitrogens is 2. The molecule has 1 saturated heterocycles. The summed E-state index contributed by atoms with van der Waals surface area (Å²) in [6.45, 7) is 2.41. The number of nitrogens with one attached hydrogen (secondary N) is 1. The summed E-state index contributed by atoms with van der Waals surface area (Å²) in [6.07, 6.45) is 5.47. The maximum atomic E-state index is 12.2. The number of carbonyl (C=O) groups is 1. The van der Waals surface area contributed by atoms with E-state index in [4.69, 9.17) is 14.0 Å². The fourth-order valence-electron chi connectivity index (χ4n) is 2.90. The Balaban J connectivity index is 1.44. The van der Waals surface area contributed by atoms with Gasteiger partial charge in [0, 0.05) is 18.8 Å². The van der Waals surface area contributed by atoms with E-state index in [0.717, 1.165) is 25.1 Å². The van der Waals surface area contributed by atoms with Crippen LogP contribution in [0.15, 0.2) is 41.3 Å². The van der Waals surface area contributed by atoms with Crippen LogP contribution in [-0.2, 0) is 4.74 Å². The monoisotopic (exact) mass is 342 g/mol. The highest BCUT2D eigenvalue weighted by Gasteiger charge is 2.34. The molecule has 25 heavy (non-hydrogen) atoms. The molecule has 2 aliphatic rings. The lowest BCUT2D eigenvalue weighted by molar-refractivity contribution is 0.101. The lowest BCUT2D eigenvalue weighted by Crippen LogP contribution is -2.27. The normalized spacial score (nSPS) is 20.3. The Morgan fingerprint density at radius 2 is 2.36 bits per heavy atom. The number of pyridine rings is 1. The fourth-order valence-corrected chi connectivity index (χ4v) is 2.90. The molecule has 8 heteroatoms. The zero-order valence-electron chi connectivity index (χ0n) is 13.6. The van der Waals surface area contributed by atoms with E-state index in [-0.39, 0.29) is 12.7 Å². The number of ether oxygens (including phenoxy) is 2. The molecule has 0 saturated carbocycles. The summed E-state index contributed by atoms with van der Waals surface area (Å²) in [5.74, 6) is 0.957. The number of anilines is 1. The molecule has 0 spiro atoms. The number of nitrogens with zero attached hydrogens (tertiary/aromatic N) is 3. The van der Waals surface area contributed by atoms with Gasteiger partial charge >= 0.3 is 6.09 Å². The third-order valence-electron chi connectivity index (χ3n) is 4.16. The van der Waals surface area contributed by atoms with Gasteiger partial charge in [0.25, 0.3) is 5.88 Å². The van der Waals surface area contributed by atoms with Gasteiger partial charge in [-0.05, 0) is 41.4 Å². The standard InChI is InChI=1S/C17H18N4O4/c22-17-21(10-14(25-17)11-23-16-4-8-24-20-16)15-9-13(3-7-19-15)12-1-5-18-6-2-12/h1,3-4,7-9,14,18H,2,5-6,10-11H2. The Kier molecular flexibility index (Phi) is 4.34. The molecule has 0 bridgehead atoms. The van der Waals surface area contributed by atoms with Crippen LogP contribution in [0.1, 0.15) is 12.0 Å². The van der Waals surface area contributed by atoms with Crippen LogP contribution in [0, 0.1) is 0 Å². The van der Waals surface area contributed by atoms with Crippen molar-refractivity contribution >= 4 is 17.5 Å².